The minimum atomic E-state index is -3.79. The molecule has 1 aliphatic carbocycles. The summed E-state index contributed by atoms with van der Waals surface area (Å²) in [5, 5.41) is 9.26. The summed E-state index contributed by atoms with van der Waals surface area (Å²) in [6.45, 7) is 3.19. The number of hydrogen-bond donors (Lipinski definition) is 2. The number of hydrogen-bond acceptors (Lipinski definition) is 3. The van der Waals surface area contributed by atoms with Crippen molar-refractivity contribution in [3.8, 4) is 0 Å². The molecule has 0 heterocycles. The first kappa shape index (κ1) is 21.0. The lowest BCUT2D eigenvalue weighted by atomic mass is 9.72. The number of fused-ring (bicyclic) bond motifs is 1. The first-order chi connectivity index (χ1) is 11.3. The Labute approximate surface area is 155 Å². The number of rotatable bonds is 4. The molecule has 0 aromatic heterocycles. The van der Waals surface area contributed by atoms with Crippen LogP contribution in [0.1, 0.15) is 44.7 Å². The molecule has 3 nitrogen and oxygen atoms in total. The van der Waals surface area contributed by atoms with E-state index < -0.39 is 58.5 Å². The number of benzene rings is 1. The maximum absolute atomic E-state index is 14.8. The highest BCUT2D eigenvalue weighted by Gasteiger charge is 2.63. The second-order valence-corrected chi connectivity index (χ2v) is 10.0. The van der Waals surface area contributed by atoms with Crippen molar-refractivity contribution in [2.75, 3.05) is 6.61 Å². The summed E-state index contributed by atoms with van der Waals surface area (Å²) in [6.07, 6.45) is -1.51. The molecule has 0 aliphatic heterocycles. The molecule has 2 atom stereocenters. The second kappa shape index (κ2) is 6.67. The second-order valence-electron chi connectivity index (χ2n) is 7.15. The van der Waals surface area contributed by atoms with Gasteiger partial charge in [0.2, 0.25) is 0 Å². The van der Waals surface area contributed by atoms with E-state index in [0.717, 1.165) is 6.07 Å². The highest BCUT2D eigenvalue weighted by atomic mass is 79.9. The van der Waals surface area contributed by atoms with E-state index in [0.29, 0.717) is 4.47 Å². The van der Waals surface area contributed by atoms with E-state index in [-0.39, 0.29) is 5.56 Å². The topological polar surface area (TPSA) is 55.3 Å². The highest BCUT2D eigenvalue weighted by Crippen LogP contribution is 2.53. The lowest BCUT2D eigenvalue weighted by Crippen LogP contribution is -2.63. The molecular formula is C16H20BrF4NO2S. The van der Waals surface area contributed by atoms with Gasteiger partial charge in [0, 0.05) is 27.8 Å². The van der Waals surface area contributed by atoms with Gasteiger partial charge in [0.25, 0.3) is 11.8 Å². The largest absolute Gasteiger partial charge is 0.598 e. The highest BCUT2D eigenvalue weighted by molar-refractivity contribution is 9.10. The molecule has 0 amide bonds. The first-order valence-electron chi connectivity index (χ1n) is 7.63. The van der Waals surface area contributed by atoms with Crippen LogP contribution >= 0.6 is 15.9 Å². The maximum Gasteiger partial charge on any atom is 0.296 e. The Morgan fingerprint density at radius 2 is 1.84 bits per heavy atom. The Morgan fingerprint density at radius 3 is 2.36 bits per heavy atom. The van der Waals surface area contributed by atoms with Gasteiger partial charge >= 0.3 is 0 Å². The van der Waals surface area contributed by atoms with Gasteiger partial charge < -0.3 is 9.66 Å². The quantitative estimate of drug-likeness (QED) is 0.539. The van der Waals surface area contributed by atoms with Crippen LogP contribution in [0.3, 0.4) is 0 Å². The average molecular weight is 446 g/mol. The van der Waals surface area contributed by atoms with E-state index >= 15 is 0 Å². The SMILES string of the molecule is CC(C)(C)[S+]([O-])N[C@]1(C(F)(F)CO)CCC(F)(F)c2ccc(Br)cc21. The van der Waals surface area contributed by atoms with Crippen LogP contribution in [0.5, 0.6) is 0 Å². The predicted octanol–water partition coefficient (Wildman–Crippen LogP) is 4.21. The molecule has 0 spiro atoms. The minimum absolute atomic E-state index is 0.338. The molecule has 0 bridgehead atoms. The summed E-state index contributed by atoms with van der Waals surface area (Å²) in [6, 6.07) is 3.61. The summed E-state index contributed by atoms with van der Waals surface area (Å²) in [5.74, 6) is -7.07. The molecule has 1 unspecified atom stereocenters. The van der Waals surface area contributed by atoms with Gasteiger partial charge in [-0.15, -0.1) is 4.72 Å². The van der Waals surface area contributed by atoms with Crippen LogP contribution in [0.4, 0.5) is 17.6 Å². The van der Waals surface area contributed by atoms with Gasteiger partial charge in [0.05, 0.1) is 0 Å². The zero-order chi connectivity index (χ0) is 19.3. The van der Waals surface area contributed by atoms with Crippen molar-refractivity contribution in [2.45, 2.75) is 55.7 Å². The smallest absolute Gasteiger partial charge is 0.296 e. The summed E-state index contributed by atoms with van der Waals surface area (Å²) in [5.41, 5.74) is -3.26. The Bertz CT molecular complexity index is 654. The number of alkyl halides is 4. The van der Waals surface area contributed by atoms with Crippen LogP contribution in [0.15, 0.2) is 22.7 Å². The van der Waals surface area contributed by atoms with Gasteiger partial charge in [0.15, 0.2) is 5.54 Å². The summed E-state index contributed by atoms with van der Waals surface area (Å²) in [7, 11) is 0. The van der Waals surface area contributed by atoms with Crippen LogP contribution in [0.25, 0.3) is 0 Å². The van der Waals surface area contributed by atoms with E-state index in [1.54, 1.807) is 20.8 Å². The van der Waals surface area contributed by atoms with E-state index in [9.17, 15) is 27.2 Å². The number of aliphatic hydroxyl groups excluding tert-OH is 1. The molecule has 0 fully saturated rings. The Hall–Kier alpha value is -0.350. The Morgan fingerprint density at radius 1 is 1.24 bits per heavy atom. The predicted molar refractivity (Wildman–Crippen MR) is 92.0 cm³/mol. The molecule has 25 heavy (non-hydrogen) atoms. The van der Waals surface area contributed by atoms with E-state index in [1.165, 1.54) is 12.1 Å². The molecule has 142 valence electrons. The fourth-order valence-electron chi connectivity index (χ4n) is 2.81. The van der Waals surface area contributed by atoms with E-state index in [1.807, 2.05) is 0 Å². The Balaban J connectivity index is 2.71. The summed E-state index contributed by atoms with van der Waals surface area (Å²) in [4.78, 5) is 0. The van der Waals surface area contributed by atoms with Crippen molar-refractivity contribution in [3.05, 3.63) is 33.8 Å². The summed E-state index contributed by atoms with van der Waals surface area (Å²) < 4.78 is 72.6. The normalized spacial score (nSPS) is 24.7. The van der Waals surface area contributed by atoms with Gasteiger partial charge in [-0.05, 0) is 44.9 Å². The van der Waals surface area contributed by atoms with Crippen molar-refractivity contribution in [1.82, 2.24) is 4.72 Å². The van der Waals surface area contributed by atoms with Gasteiger partial charge in [-0.1, -0.05) is 22.0 Å². The van der Waals surface area contributed by atoms with Crippen molar-refractivity contribution in [3.63, 3.8) is 0 Å². The third-order valence-electron chi connectivity index (χ3n) is 4.30. The molecule has 1 aromatic rings. The molecule has 0 saturated carbocycles. The van der Waals surface area contributed by atoms with Crippen LogP contribution in [0.2, 0.25) is 0 Å². The van der Waals surface area contributed by atoms with E-state index in [4.69, 9.17) is 0 Å². The molecule has 2 rings (SSSR count). The molecule has 1 aliphatic rings. The molecule has 0 radical (unpaired) electrons. The molecule has 2 N–H and O–H groups in total. The zero-order valence-corrected chi connectivity index (χ0v) is 16.4. The zero-order valence-electron chi connectivity index (χ0n) is 14.0. The fraction of sp³-hybridized carbons (Fsp3) is 0.625. The summed E-state index contributed by atoms with van der Waals surface area (Å²) >= 11 is 1.16. The fourth-order valence-corrected chi connectivity index (χ4v) is 4.15. The van der Waals surface area contributed by atoms with E-state index in [2.05, 4.69) is 20.7 Å². The average Bonchev–Trinajstić information content (AvgIpc) is 2.48. The number of halogens is 5. The molecule has 9 heteroatoms. The molecule has 1 aromatic carbocycles. The van der Waals surface area contributed by atoms with Crippen LogP contribution in [-0.2, 0) is 22.8 Å². The van der Waals surface area contributed by atoms with Crippen LogP contribution < -0.4 is 4.72 Å². The number of aliphatic hydroxyl groups is 1. The van der Waals surface area contributed by atoms with Crippen molar-refractivity contribution in [2.24, 2.45) is 0 Å². The van der Waals surface area contributed by atoms with Crippen molar-refractivity contribution in [1.29, 1.82) is 0 Å². The van der Waals surface area contributed by atoms with Gasteiger partial charge in [0.1, 0.15) is 11.4 Å². The third kappa shape index (κ3) is 3.71. The van der Waals surface area contributed by atoms with Gasteiger partial charge in [-0.2, -0.15) is 0 Å². The molecular weight excluding hydrogens is 426 g/mol. The molecule has 0 saturated heterocycles. The van der Waals surface area contributed by atoms with Crippen molar-refractivity contribution < 1.29 is 27.2 Å². The lowest BCUT2D eigenvalue weighted by Gasteiger charge is -2.46. The Kier molecular flexibility index (Phi) is 5.59. The first-order valence-corrected chi connectivity index (χ1v) is 9.58. The number of nitrogens with one attached hydrogen (secondary N) is 1. The van der Waals surface area contributed by atoms with Gasteiger partial charge in [-0.25, -0.2) is 17.6 Å². The van der Waals surface area contributed by atoms with Crippen LogP contribution in [-0.4, -0.2) is 26.9 Å². The van der Waals surface area contributed by atoms with Crippen molar-refractivity contribution >= 4 is 27.3 Å². The minimum Gasteiger partial charge on any atom is -0.598 e. The van der Waals surface area contributed by atoms with Crippen LogP contribution in [0, 0.1) is 0 Å². The standard InChI is InChI=1S/C16H20BrF4NO2S/c1-13(2,3)25(24)22-14(16(20,21)9-23)6-7-15(18,19)11-5-4-10(17)8-12(11)14/h4-5,8,22-23H,6-7,9H2,1-3H3/t14-,25?/m1/s1. The third-order valence-corrected chi connectivity index (χ3v) is 6.44. The van der Waals surface area contributed by atoms with Gasteiger partial charge in [-0.3, -0.25) is 0 Å². The monoisotopic (exact) mass is 445 g/mol. The lowest BCUT2D eigenvalue weighted by molar-refractivity contribution is -0.142. The maximum atomic E-state index is 14.8.